The first-order chi connectivity index (χ1) is 9.38. The Morgan fingerprint density at radius 3 is 2.00 bits per heavy atom. The number of hydrogen-bond donors (Lipinski definition) is 0. The summed E-state index contributed by atoms with van der Waals surface area (Å²) in [6.07, 6.45) is 16.5. The zero-order chi connectivity index (χ0) is 13.8. The summed E-state index contributed by atoms with van der Waals surface area (Å²) in [6.45, 7) is 4.53. The van der Waals surface area contributed by atoms with E-state index in [1.165, 1.54) is 70.6 Å². The van der Waals surface area contributed by atoms with Gasteiger partial charge in [-0.25, -0.2) is 0 Å². The van der Waals surface area contributed by atoms with Gasteiger partial charge in [-0.15, -0.1) is 0 Å². The fourth-order valence-electron chi connectivity index (χ4n) is 2.68. The van der Waals surface area contributed by atoms with Crippen molar-refractivity contribution < 1.29 is 4.52 Å². The van der Waals surface area contributed by atoms with E-state index in [2.05, 4.69) is 25.1 Å². The molecule has 1 rings (SSSR count). The van der Waals surface area contributed by atoms with E-state index in [0.29, 0.717) is 5.92 Å². The molecule has 0 bridgehead atoms. The summed E-state index contributed by atoms with van der Waals surface area (Å²) < 4.78 is 5.38. The summed E-state index contributed by atoms with van der Waals surface area (Å²) in [6, 6.07) is 2.05. The third kappa shape index (κ3) is 7.39. The molecule has 19 heavy (non-hydrogen) atoms. The zero-order valence-electron chi connectivity index (χ0n) is 12.9. The van der Waals surface area contributed by atoms with Crippen LogP contribution in [0, 0.1) is 0 Å². The Morgan fingerprint density at radius 2 is 1.47 bits per heavy atom. The molecule has 0 amide bonds. The number of nitrogens with zero attached hydrogens (tertiary/aromatic N) is 1. The van der Waals surface area contributed by atoms with Crippen molar-refractivity contribution >= 4 is 0 Å². The van der Waals surface area contributed by atoms with Crippen molar-refractivity contribution in [2.45, 2.75) is 90.4 Å². The molecule has 0 aromatic carbocycles. The first-order valence-corrected chi connectivity index (χ1v) is 8.29. The van der Waals surface area contributed by atoms with Gasteiger partial charge < -0.3 is 4.52 Å². The quantitative estimate of drug-likeness (QED) is 0.427. The van der Waals surface area contributed by atoms with Gasteiger partial charge in [0, 0.05) is 12.0 Å². The Balaban J connectivity index is 2.25. The molecule has 0 aliphatic heterocycles. The summed E-state index contributed by atoms with van der Waals surface area (Å²) in [5.41, 5.74) is 0. The SMILES string of the molecule is CCCCCCCC(CCCCCC)c1ccno1. The fourth-order valence-corrected chi connectivity index (χ4v) is 2.68. The summed E-state index contributed by atoms with van der Waals surface area (Å²) in [4.78, 5) is 0. The molecule has 2 nitrogen and oxygen atoms in total. The van der Waals surface area contributed by atoms with Crippen LogP contribution in [0.3, 0.4) is 0 Å². The van der Waals surface area contributed by atoms with Crippen molar-refractivity contribution in [3.63, 3.8) is 0 Å². The number of aromatic nitrogens is 1. The Kier molecular flexibility index (Phi) is 9.48. The average Bonchev–Trinajstić information content (AvgIpc) is 2.95. The van der Waals surface area contributed by atoms with Gasteiger partial charge in [0.05, 0.1) is 6.20 Å². The van der Waals surface area contributed by atoms with Gasteiger partial charge in [0.15, 0.2) is 0 Å². The van der Waals surface area contributed by atoms with E-state index in [9.17, 15) is 0 Å². The Labute approximate surface area is 119 Å². The minimum Gasteiger partial charge on any atom is -0.361 e. The lowest BCUT2D eigenvalue weighted by Gasteiger charge is -2.13. The molecule has 0 aliphatic rings. The fraction of sp³-hybridized carbons (Fsp3) is 0.824. The Morgan fingerprint density at radius 1 is 0.895 bits per heavy atom. The van der Waals surface area contributed by atoms with Gasteiger partial charge in [-0.05, 0) is 12.8 Å². The molecule has 2 heteroatoms. The van der Waals surface area contributed by atoms with Crippen molar-refractivity contribution in [1.82, 2.24) is 5.16 Å². The molecule has 1 heterocycles. The molecule has 0 saturated carbocycles. The predicted octanol–water partition coefficient (Wildman–Crippen LogP) is 6.09. The lowest BCUT2D eigenvalue weighted by molar-refractivity contribution is 0.337. The maximum Gasteiger partial charge on any atom is 0.139 e. The highest BCUT2D eigenvalue weighted by Gasteiger charge is 2.14. The van der Waals surface area contributed by atoms with Crippen LogP contribution in [-0.4, -0.2) is 5.16 Å². The van der Waals surface area contributed by atoms with Gasteiger partial charge in [0.2, 0.25) is 0 Å². The van der Waals surface area contributed by atoms with Crippen LogP contribution >= 0.6 is 0 Å². The summed E-state index contributed by atoms with van der Waals surface area (Å²) in [5.74, 6) is 1.70. The van der Waals surface area contributed by atoms with Crippen LogP contribution in [0.15, 0.2) is 16.8 Å². The third-order valence-electron chi connectivity index (χ3n) is 3.92. The van der Waals surface area contributed by atoms with Crippen molar-refractivity contribution in [1.29, 1.82) is 0 Å². The van der Waals surface area contributed by atoms with Crippen molar-refractivity contribution in [2.75, 3.05) is 0 Å². The summed E-state index contributed by atoms with van der Waals surface area (Å²) in [5, 5.41) is 3.87. The van der Waals surface area contributed by atoms with Crippen LogP contribution in [-0.2, 0) is 0 Å². The molecule has 1 aromatic rings. The molecule has 0 fully saturated rings. The van der Waals surface area contributed by atoms with Gasteiger partial charge in [-0.1, -0.05) is 76.8 Å². The van der Waals surface area contributed by atoms with E-state index in [-0.39, 0.29) is 0 Å². The van der Waals surface area contributed by atoms with Gasteiger partial charge in [0.25, 0.3) is 0 Å². The number of rotatable bonds is 12. The second kappa shape index (κ2) is 11.1. The first-order valence-electron chi connectivity index (χ1n) is 8.29. The summed E-state index contributed by atoms with van der Waals surface area (Å²) in [7, 11) is 0. The maximum atomic E-state index is 5.38. The molecule has 1 atom stereocenters. The van der Waals surface area contributed by atoms with Crippen LogP contribution in [0.5, 0.6) is 0 Å². The second-order valence-electron chi connectivity index (χ2n) is 5.66. The van der Waals surface area contributed by atoms with Crippen LogP contribution in [0.25, 0.3) is 0 Å². The smallest absolute Gasteiger partial charge is 0.139 e. The van der Waals surface area contributed by atoms with Gasteiger partial charge in [-0.3, -0.25) is 0 Å². The molecule has 1 unspecified atom stereocenters. The van der Waals surface area contributed by atoms with Crippen molar-refractivity contribution in [3.05, 3.63) is 18.0 Å². The normalized spacial score (nSPS) is 12.7. The molecule has 1 aromatic heterocycles. The van der Waals surface area contributed by atoms with Crippen LogP contribution in [0.4, 0.5) is 0 Å². The maximum absolute atomic E-state index is 5.38. The minimum absolute atomic E-state index is 0.598. The molecular weight excluding hydrogens is 234 g/mol. The van der Waals surface area contributed by atoms with Crippen molar-refractivity contribution in [2.24, 2.45) is 0 Å². The standard InChI is InChI=1S/C17H31NO/c1-3-5-7-9-11-13-16(12-10-8-6-4-2)17-14-15-18-19-17/h14-16H,3-13H2,1-2H3. The highest BCUT2D eigenvalue weighted by Crippen LogP contribution is 2.28. The molecule has 0 aliphatic carbocycles. The molecule has 0 N–H and O–H groups in total. The summed E-state index contributed by atoms with van der Waals surface area (Å²) >= 11 is 0. The van der Waals surface area contributed by atoms with E-state index in [1.807, 2.05) is 0 Å². The topological polar surface area (TPSA) is 26.0 Å². The largest absolute Gasteiger partial charge is 0.361 e. The predicted molar refractivity (Wildman–Crippen MR) is 81.4 cm³/mol. The van der Waals surface area contributed by atoms with Gasteiger partial charge >= 0.3 is 0 Å². The second-order valence-corrected chi connectivity index (χ2v) is 5.66. The van der Waals surface area contributed by atoms with E-state index in [4.69, 9.17) is 4.52 Å². The van der Waals surface area contributed by atoms with Crippen LogP contribution in [0.2, 0.25) is 0 Å². The van der Waals surface area contributed by atoms with E-state index in [0.717, 1.165) is 5.76 Å². The molecule has 0 radical (unpaired) electrons. The lowest BCUT2D eigenvalue weighted by atomic mass is 9.92. The molecule has 0 saturated heterocycles. The lowest BCUT2D eigenvalue weighted by Crippen LogP contribution is -1.98. The third-order valence-corrected chi connectivity index (χ3v) is 3.92. The monoisotopic (exact) mass is 265 g/mol. The molecular formula is C17H31NO. The molecule has 0 spiro atoms. The van der Waals surface area contributed by atoms with Crippen LogP contribution < -0.4 is 0 Å². The number of unbranched alkanes of at least 4 members (excludes halogenated alkanes) is 7. The Bertz CT molecular complexity index is 281. The van der Waals surface area contributed by atoms with Crippen molar-refractivity contribution in [3.8, 4) is 0 Å². The minimum atomic E-state index is 0.598. The Hall–Kier alpha value is -0.790. The molecule has 110 valence electrons. The van der Waals surface area contributed by atoms with Gasteiger partial charge in [-0.2, -0.15) is 0 Å². The van der Waals surface area contributed by atoms with E-state index < -0.39 is 0 Å². The highest BCUT2D eigenvalue weighted by molar-refractivity contribution is 5.01. The first kappa shape index (κ1) is 16.3. The van der Waals surface area contributed by atoms with E-state index in [1.54, 1.807) is 6.20 Å². The number of hydrogen-bond acceptors (Lipinski definition) is 2. The van der Waals surface area contributed by atoms with Gasteiger partial charge in [0.1, 0.15) is 5.76 Å². The van der Waals surface area contributed by atoms with E-state index >= 15 is 0 Å². The average molecular weight is 265 g/mol. The van der Waals surface area contributed by atoms with Crippen LogP contribution in [0.1, 0.15) is 96.2 Å². The zero-order valence-corrected chi connectivity index (χ0v) is 12.9. The highest BCUT2D eigenvalue weighted by atomic mass is 16.5.